The Kier molecular flexibility index (Phi) is 11.3. The number of nitrogens with zero attached hydrogens (tertiary/aromatic N) is 1. The molecule has 0 saturated carbocycles. The van der Waals surface area contributed by atoms with Crippen LogP contribution in [0.15, 0.2) is 59.5 Å². The van der Waals surface area contributed by atoms with Gasteiger partial charge in [-0.25, -0.2) is 13.3 Å². The van der Waals surface area contributed by atoms with Gasteiger partial charge in [-0.2, -0.15) is 0 Å². The van der Waals surface area contributed by atoms with Crippen LogP contribution in [0, 0.1) is 11.8 Å². The normalized spacial score (nSPS) is 22.1. The highest BCUT2D eigenvalue weighted by Crippen LogP contribution is 2.33. The van der Waals surface area contributed by atoms with Gasteiger partial charge in [-0.15, -0.1) is 0 Å². The van der Waals surface area contributed by atoms with E-state index in [1.807, 2.05) is 44.2 Å². The number of aliphatic hydroxyl groups is 1. The first kappa shape index (κ1) is 31.1. The van der Waals surface area contributed by atoms with Crippen LogP contribution in [0.4, 0.5) is 4.79 Å². The molecule has 222 valence electrons. The molecule has 3 N–H and O–H groups in total. The number of carbonyl (C=O) groups is 2. The maximum Gasteiger partial charge on any atom is 0.561 e. The Morgan fingerprint density at radius 3 is 2.59 bits per heavy atom. The zero-order valence-corrected chi connectivity index (χ0v) is 24.0. The molecule has 2 aliphatic heterocycles. The summed E-state index contributed by atoms with van der Waals surface area (Å²) in [4.78, 5) is 23.9. The highest BCUT2D eigenvalue weighted by molar-refractivity contribution is 7.82. The van der Waals surface area contributed by atoms with Crippen molar-refractivity contribution in [2.75, 3.05) is 26.3 Å². The molecule has 4 rings (SSSR count). The van der Waals surface area contributed by atoms with Crippen LogP contribution in [0.2, 0.25) is 0 Å². The van der Waals surface area contributed by atoms with E-state index in [2.05, 4.69) is 9.97 Å². The van der Waals surface area contributed by atoms with Crippen molar-refractivity contribution in [2.45, 2.75) is 56.1 Å². The number of benzene rings is 2. The summed E-state index contributed by atoms with van der Waals surface area (Å²) in [5.74, 6) is 0.113. The molecule has 2 aliphatic rings. The van der Waals surface area contributed by atoms with Crippen LogP contribution < -0.4 is 10.8 Å². The van der Waals surface area contributed by atoms with E-state index in [0.29, 0.717) is 29.9 Å². The Morgan fingerprint density at radius 2 is 1.90 bits per heavy atom. The van der Waals surface area contributed by atoms with Crippen molar-refractivity contribution in [3.05, 3.63) is 60.2 Å². The zero-order valence-electron chi connectivity index (χ0n) is 23.2. The lowest BCUT2D eigenvalue weighted by Gasteiger charge is -2.30. The zero-order chi connectivity index (χ0) is 29.4. The van der Waals surface area contributed by atoms with Gasteiger partial charge in [0.25, 0.3) is 6.47 Å². The third kappa shape index (κ3) is 8.60. The summed E-state index contributed by atoms with van der Waals surface area (Å²) < 4.78 is 36.6. The monoisotopic (exact) mass is 588 g/mol. The summed E-state index contributed by atoms with van der Waals surface area (Å²) in [5, 5.41) is 24.1. The Morgan fingerprint density at radius 1 is 1.17 bits per heavy atom. The van der Waals surface area contributed by atoms with Crippen molar-refractivity contribution in [1.82, 2.24) is 9.62 Å². The van der Waals surface area contributed by atoms with Crippen molar-refractivity contribution >= 4 is 36.1 Å². The SMILES string of the molecule is CC(C)CN(CC(O)C(Cc1ccccc1)NC(=O)OC1COC2OCCC12)S(=O)c1ccc(B(O)OC=O)cc1. The first-order valence-electron chi connectivity index (χ1n) is 13.7. The molecule has 2 saturated heterocycles. The predicted octanol–water partition coefficient (Wildman–Crippen LogP) is 0.988. The van der Waals surface area contributed by atoms with E-state index in [-0.39, 0.29) is 37.7 Å². The van der Waals surface area contributed by atoms with Gasteiger partial charge in [0.15, 0.2) is 6.29 Å². The quantitative estimate of drug-likeness (QED) is 0.217. The molecule has 41 heavy (non-hydrogen) atoms. The maximum atomic E-state index is 13.6. The number of hydrogen-bond donors (Lipinski definition) is 3. The van der Waals surface area contributed by atoms with E-state index < -0.39 is 42.4 Å². The molecule has 0 spiro atoms. The van der Waals surface area contributed by atoms with Crippen molar-refractivity contribution < 1.29 is 42.8 Å². The summed E-state index contributed by atoms with van der Waals surface area (Å²) >= 11 is 0. The van der Waals surface area contributed by atoms with Gasteiger partial charge in [0, 0.05) is 13.1 Å². The van der Waals surface area contributed by atoms with Crippen LogP contribution in [0.25, 0.3) is 0 Å². The number of amides is 1. The third-order valence-corrected chi connectivity index (χ3v) is 8.50. The summed E-state index contributed by atoms with van der Waals surface area (Å²) in [6.07, 6.45) is -1.45. The summed E-state index contributed by atoms with van der Waals surface area (Å²) in [5.41, 5.74) is 1.25. The minimum atomic E-state index is -1.66. The van der Waals surface area contributed by atoms with Gasteiger partial charge in [-0.1, -0.05) is 56.3 Å². The number of fused-ring (bicyclic) bond motifs is 1. The predicted molar refractivity (Wildman–Crippen MR) is 151 cm³/mol. The van der Waals surface area contributed by atoms with Crippen LogP contribution in [-0.4, -0.2) is 89.2 Å². The number of aliphatic hydroxyl groups excluding tert-OH is 1. The van der Waals surface area contributed by atoms with Gasteiger partial charge in [0.05, 0.1) is 36.2 Å². The van der Waals surface area contributed by atoms with Crippen molar-refractivity contribution in [3.63, 3.8) is 0 Å². The fraction of sp³-hybridized carbons (Fsp3) is 0.500. The molecule has 2 aromatic rings. The molecule has 6 unspecified atom stereocenters. The molecule has 2 aromatic carbocycles. The van der Waals surface area contributed by atoms with Crippen molar-refractivity contribution in [1.29, 1.82) is 0 Å². The summed E-state index contributed by atoms with van der Waals surface area (Å²) in [7, 11) is -3.08. The highest BCUT2D eigenvalue weighted by atomic mass is 32.2. The number of hydrogen-bond acceptors (Lipinski definition) is 9. The number of alkyl carbamates (subject to hydrolysis) is 1. The van der Waals surface area contributed by atoms with E-state index in [1.165, 1.54) is 12.1 Å². The van der Waals surface area contributed by atoms with Gasteiger partial charge in [-0.3, -0.25) is 4.79 Å². The lowest BCUT2D eigenvalue weighted by Crippen LogP contribution is -2.51. The highest BCUT2D eigenvalue weighted by Gasteiger charge is 2.44. The number of rotatable bonds is 14. The second-order valence-corrected chi connectivity index (χ2v) is 12.1. The summed E-state index contributed by atoms with van der Waals surface area (Å²) in [6.45, 7) is 5.35. The smallest absolute Gasteiger partial charge is 0.508 e. The minimum Gasteiger partial charge on any atom is -0.508 e. The van der Waals surface area contributed by atoms with Crippen molar-refractivity contribution in [3.8, 4) is 0 Å². The maximum absolute atomic E-state index is 13.6. The Bertz CT molecular complexity index is 1160. The number of carbonyl (C=O) groups excluding carboxylic acids is 2. The molecule has 0 bridgehead atoms. The Balaban J connectivity index is 1.46. The fourth-order valence-electron chi connectivity index (χ4n) is 5.00. The van der Waals surface area contributed by atoms with E-state index >= 15 is 0 Å². The average Bonchev–Trinajstić information content (AvgIpc) is 3.58. The topological polar surface area (TPSA) is 144 Å². The van der Waals surface area contributed by atoms with Crippen LogP contribution in [0.1, 0.15) is 25.8 Å². The Labute approximate surface area is 242 Å². The number of ether oxygens (including phenoxy) is 3. The van der Waals surface area contributed by atoms with Gasteiger partial charge in [0.2, 0.25) is 0 Å². The van der Waals surface area contributed by atoms with Gasteiger partial charge in [0.1, 0.15) is 17.1 Å². The van der Waals surface area contributed by atoms with Crippen molar-refractivity contribution in [2.24, 2.45) is 11.8 Å². The van der Waals surface area contributed by atoms with Crippen LogP contribution in [0.3, 0.4) is 0 Å². The molecular formula is C28H37BN2O9S. The molecule has 0 aromatic heterocycles. The lowest BCUT2D eigenvalue weighted by atomic mass is 9.80. The largest absolute Gasteiger partial charge is 0.561 e. The molecule has 0 radical (unpaired) electrons. The molecule has 6 atom stereocenters. The summed E-state index contributed by atoms with van der Waals surface area (Å²) in [6, 6.07) is 14.9. The van der Waals surface area contributed by atoms with Gasteiger partial charge >= 0.3 is 13.2 Å². The minimum absolute atomic E-state index is 0.00623. The van der Waals surface area contributed by atoms with E-state index in [0.717, 1.165) is 12.0 Å². The first-order valence-corrected chi connectivity index (χ1v) is 14.8. The Hall–Kier alpha value is -2.81. The van der Waals surface area contributed by atoms with Crippen LogP contribution in [0.5, 0.6) is 0 Å². The molecule has 11 nitrogen and oxygen atoms in total. The molecule has 1 amide bonds. The second kappa shape index (κ2) is 14.9. The van der Waals surface area contributed by atoms with Gasteiger partial charge < -0.3 is 34.3 Å². The molecule has 2 fully saturated rings. The van der Waals surface area contributed by atoms with Crippen LogP contribution in [-0.2, 0) is 41.1 Å². The average molecular weight is 588 g/mol. The van der Waals surface area contributed by atoms with Crippen LogP contribution >= 0.6 is 0 Å². The molecule has 13 heteroatoms. The second-order valence-electron chi connectivity index (χ2n) is 10.6. The number of nitrogens with one attached hydrogen (secondary N) is 1. The van der Waals surface area contributed by atoms with E-state index in [9.17, 15) is 23.9 Å². The molecular weight excluding hydrogens is 551 g/mol. The van der Waals surface area contributed by atoms with E-state index in [4.69, 9.17) is 14.2 Å². The first-order chi connectivity index (χ1) is 19.7. The van der Waals surface area contributed by atoms with E-state index in [1.54, 1.807) is 16.4 Å². The molecule has 2 heterocycles. The fourth-order valence-corrected chi connectivity index (χ4v) is 6.39. The molecule has 0 aliphatic carbocycles. The lowest BCUT2D eigenvalue weighted by molar-refractivity contribution is -0.121. The van der Waals surface area contributed by atoms with Gasteiger partial charge in [-0.05, 0) is 41.9 Å². The standard InChI is InChI=1S/C28H37BN2O9S/c1-19(2)15-31(41(36)22-10-8-21(9-11-22)29(35)39-18-32)16-25(33)24(14-20-6-4-3-5-7-20)30-28(34)40-26-17-38-27-23(26)12-13-37-27/h3-11,18-19,23-27,33,35H,12-17H2,1-2H3,(H,30,34). The third-order valence-electron chi connectivity index (χ3n) is 7.06.